The van der Waals surface area contributed by atoms with E-state index in [1.165, 1.54) is 24.4 Å². The summed E-state index contributed by atoms with van der Waals surface area (Å²) in [5.41, 5.74) is 0.806. The highest BCUT2D eigenvalue weighted by molar-refractivity contribution is 9.10. The van der Waals surface area contributed by atoms with Crippen molar-refractivity contribution < 1.29 is 17.2 Å². The van der Waals surface area contributed by atoms with Crippen LogP contribution in [0.15, 0.2) is 64.1 Å². The molecule has 0 bridgehead atoms. The van der Waals surface area contributed by atoms with Gasteiger partial charge in [0.05, 0.1) is 10.6 Å². The van der Waals surface area contributed by atoms with Crippen LogP contribution in [0.3, 0.4) is 0 Å². The van der Waals surface area contributed by atoms with Crippen LogP contribution in [0.25, 0.3) is 11.3 Å². The van der Waals surface area contributed by atoms with E-state index in [-0.39, 0.29) is 16.2 Å². The zero-order valence-electron chi connectivity index (χ0n) is 12.5. The monoisotopic (exact) mass is 411 g/mol. The summed E-state index contributed by atoms with van der Waals surface area (Å²) in [6.07, 6.45) is 1.41. The first-order valence-electron chi connectivity index (χ1n) is 6.94. The smallest absolute Gasteiger partial charge is 0.241 e. The van der Waals surface area contributed by atoms with Crippen LogP contribution in [0.4, 0.5) is 8.78 Å². The molecule has 0 unspecified atom stereocenters. The Morgan fingerprint density at radius 2 is 1.79 bits per heavy atom. The van der Waals surface area contributed by atoms with E-state index in [4.69, 9.17) is 0 Å². The molecule has 0 aliphatic heterocycles. The van der Waals surface area contributed by atoms with Crippen molar-refractivity contribution in [1.29, 1.82) is 0 Å². The molecule has 0 aliphatic rings. The van der Waals surface area contributed by atoms with Gasteiger partial charge in [-0.15, -0.1) is 0 Å². The van der Waals surface area contributed by atoms with Crippen molar-refractivity contribution in [2.24, 2.45) is 0 Å². The van der Waals surface area contributed by atoms with Gasteiger partial charge in [0.15, 0.2) is 0 Å². The summed E-state index contributed by atoms with van der Waals surface area (Å²) in [4.78, 5) is 0.0660. The molecule has 0 saturated heterocycles. The fraction of sp³-hybridized carbons (Fsp3) is 0.0588. The van der Waals surface area contributed by atoms with Gasteiger partial charge in [-0.2, -0.15) is 0 Å². The Hall–Kier alpha value is -1.99. The fourth-order valence-corrected chi connectivity index (χ4v) is 4.42. The van der Waals surface area contributed by atoms with E-state index < -0.39 is 21.7 Å². The van der Waals surface area contributed by atoms with Crippen LogP contribution in [0.1, 0.15) is 5.56 Å². The minimum atomic E-state index is -3.92. The SMILES string of the molecule is Cc1cc(-c2ccc(F)cc2F)n(S(=O)(=O)c2cccc(Br)c2)c1. The molecule has 3 aromatic rings. The third-order valence-corrected chi connectivity index (χ3v) is 5.65. The lowest BCUT2D eigenvalue weighted by Gasteiger charge is -2.11. The second kappa shape index (κ2) is 6.14. The lowest BCUT2D eigenvalue weighted by atomic mass is 10.1. The lowest BCUT2D eigenvalue weighted by molar-refractivity contribution is 0.583. The standard InChI is InChI=1S/C17H12BrF2NO2S/c1-11-7-17(15-6-5-13(19)9-16(15)20)21(10-11)24(22,23)14-4-2-3-12(18)8-14/h2-10H,1H3. The van der Waals surface area contributed by atoms with Gasteiger partial charge in [-0.1, -0.05) is 22.0 Å². The molecule has 0 spiro atoms. The Morgan fingerprint density at radius 1 is 1.04 bits per heavy atom. The first kappa shape index (κ1) is 16.9. The predicted octanol–water partition coefficient (Wildman–Crippen LogP) is 4.74. The molecular formula is C17H12BrF2NO2S. The number of benzene rings is 2. The van der Waals surface area contributed by atoms with Gasteiger partial charge in [0.25, 0.3) is 10.0 Å². The Balaban J connectivity index is 2.23. The first-order chi connectivity index (χ1) is 11.3. The van der Waals surface area contributed by atoms with E-state index in [0.29, 0.717) is 10.0 Å². The molecular weight excluding hydrogens is 400 g/mol. The molecule has 3 rings (SSSR count). The van der Waals surface area contributed by atoms with Gasteiger partial charge in [0.2, 0.25) is 0 Å². The fourth-order valence-electron chi connectivity index (χ4n) is 2.40. The van der Waals surface area contributed by atoms with Crippen LogP contribution in [-0.4, -0.2) is 12.4 Å². The van der Waals surface area contributed by atoms with Crippen LogP contribution >= 0.6 is 15.9 Å². The molecule has 1 heterocycles. The lowest BCUT2D eigenvalue weighted by Crippen LogP contribution is -2.13. The molecule has 0 atom stereocenters. The van der Waals surface area contributed by atoms with Gasteiger partial charge >= 0.3 is 0 Å². The molecule has 2 aromatic carbocycles. The number of nitrogens with zero attached hydrogens (tertiary/aromatic N) is 1. The largest absolute Gasteiger partial charge is 0.268 e. The molecule has 7 heteroatoms. The van der Waals surface area contributed by atoms with Crippen molar-refractivity contribution in [3.63, 3.8) is 0 Å². The maximum absolute atomic E-state index is 14.1. The molecule has 0 saturated carbocycles. The molecule has 0 radical (unpaired) electrons. The van der Waals surface area contributed by atoms with Crippen molar-refractivity contribution in [3.05, 3.63) is 76.4 Å². The molecule has 124 valence electrons. The molecule has 1 aromatic heterocycles. The first-order valence-corrected chi connectivity index (χ1v) is 9.18. The van der Waals surface area contributed by atoms with Crippen LogP contribution in [0.5, 0.6) is 0 Å². The topological polar surface area (TPSA) is 39.1 Å². The van der Waals surface area contributed by atoms with Crippen LogP contribution in [-0.2, 0) is 10.0 Å². The van der Waals surface area contributed by atoms with Crippen LogP contribution in [0, 0.1) is 18.6 Å². The zero-order chi connectivity index (χ0) is 17.5. The molecule has 24 heavy (non-hydrogen) atoms. The molecule has 3 nitrogen and oxygen atoms in total. The van der Waals surface area contributed by atoms with Crippen molar-refractivity contribution in [3.8, 4) is 11.3 Å². The number of halogens is 3. The maximum Gasteiger partial charge on any atom is 0.268 e. The van der Waals surface area contributed by atoms with Crippen molar-refractivity contribution in [2.45, 2.75) is 11.8 Å². The van der Waals surface area contributed by atoms with E-state index in [1.807, 2.05) is 0 Å². The molecule has 0 fully saturated rings. The van der Waals surface area contributed by atoms with Crippen molar-refractivity contribution in [2.75, 3.05) is 0 Å². The number of aryl methyl sites for hydroxylation is 1. The second-order valence-electron chi connectivity index (χ2n) is 5.29. The summed E-state index contributed by atoms with van der Waals surface area (Å²) in [6, 6.07) is 10.8. The predicted molar refractivity (Wildman–Crippen MR) is 91.2 cm³/mol. The van der Waals surface area contributed by atoms with E-state index in [1.54, 1.807) is 25.1 Å². The molecule has 0 N–H and O–H groups in total. The van der Waals surface area contributed by atoms with Gasteiger partial charge in [0.1, 0.15) is 11.6 Å². The number of aromatic nitrogens is 1. The highest BCUT2D eigenvalue weighted by Gasteiger charge is 2.23. The van der Waals surface area contributed by atoms with E-state index >= 15 is 0 Å². The second-order valence-corrected chi connectivity index (χ2v) is 8.02. The minimum Gasteiger partial charge on any atom is -0.241 e. The summed E-state index contributed by atoms with van der Waals surface area (Å²) in [7, 11) is -3.92. The Labute approximate surface area is 146 Å². The van der Waals surface area contributed by atoms with E-state index in [9.17, 15) is 17.2 Å². The highest BCUT2D eigenvalue weighted by Crippen LogP contribution is 2.29. The van der Waals surface area contributed by atoms with Crippen LogP contribution < -0.4 is 0 Å². The zero-order valence-corrected chi connectivity index (χ0v) is 14.9. The third-order valence-electron chi connectivity index (χ3n) is 3.48. The number of rotatable bonds is 3. The number of hydrogen-bond donors (Lipinski definition) is 0. The van der Waals surface area contributed by atoms with Gasteiger partial charge in [-0.25, -0.2) is 21.2 Å². The Morgan fingerprint density at radius 3 is 2.46 bits per heavy atom. The Bertz CT molecular complexity index is 1030. The molecule has 0 amide bonds. The maximum atomic E-state index is 14.1. The van der Waals surface area contributed by atoms with Crippen molar-refractivity contribution in [1.82, 2.24) is 3.97 Å². The summed E-state index contributed by atoms with van der Waals surface area (Å²) in [6.45, 7) is 1.71. The van der Waals surface area contributed by atoms with Gasteiger partial charge in [-0.3, -0.25) is 0 Å². The van der Waals surface area contributed by atoms with E-state index in [2.05, 4.69) is 15.9 Å². The van der Waals surface area contributed by atoms with Gasteiger partial charge < -0.3 is 0 Å². The van der Waals surface area contributed by atoms with Gasteiger partial charge in [-0.05, 0) is 48.9 Å². The summed E-state index contributed by atoms with van der Waals surface area (Å²) >= 11 is 3.24. The summed E-state index contributed by atoms with van der Waals surface area (Å²) < 4.78 is 54.7. The average molecular weight is 412 g/mol. The average Bonchev–Trinajstić information content (AvgIpc) is 2.89. The van der Waals surface area contributed by atoms with Crippen LogP contribution in [0.2, 0.25) is 0 Å². The van der Waals surface area contributed by atoms with Gasteiger partial charge in [0, 0.05) is 22.3 Å². The number of hydrogen-bond acceptors (Lipinski definition) is 2. The summed E-state index contributed by atoms with van der Waals surface area (Å²) in [5, 5.41) is 0. The molecule has 0 aliphatic carbocycles. The van der Waals surface area contributed by atoms with E-state index in [0.717, 1.165) is 16.1 Å². The quantitative estimate of drug-likeness (QED) is 0.624. The Kier molecular flexibility index (Phi) is 4.31. The highest BCUT2D eigenvalue weighted by atomic mass is 79.9. The minimum absolute atomic E-state index is 0.0167. The van der Waals surface area contributed by atoms with Crippen molar-refractivity contribution >= 4 is 26.0 Å². The third kappa shape index (κ3) is 3.01. The summed E-state index contributed by atoms with van der Waals surface area (Å²) in [5.74, 6) is -1.54. The normalized spacial score (nSPS) is 11.7.